The molecule has 72 valence electrons. The molecule has 0 amide bonds. The van der Waals surface area contributed by atoms with Crippen LogP contribution in [0.1, 0.15) is 21.0 Å². The normalized spacial score (nSPS) is 9.54. The first-order valence-electron chi connectivity index (χ1n) is 4.36. The Hall–Kier alpha value is -1.38. The quantitative estimate of drug-likeness (QED) is 0.665. The van der Waals surface area contributed by atoms with E-state index in [9.17, 15) is 4.39 Å². The van der Waals surface area contributed by atoms with Crippen molar-refractivity contribution in [3.63, 3.8) is 0 Å². The van der Waals surface area contributed by atoms with Gasteiger partial charge >= 0.3 is 0 Å². The highest BCUT2D eigenvalue weighted by Gasteiger charge is 1.98. The molecule has 2 aromatic heterocycles. The summed E-state index contributed by atoms with van der Waals surface area (Å²) in [7, 11) is 0. The van der Waals surface area contributed by atoms with Crippen molar-refractivity contribution < 1.29 is 5.82 Å². The summed E-state index contributed by atoms with van der Waals surface area (Å²) in [5.41, 5.74) is 1.74. The number of rotatable bonds is 0. The fourth-order valence-corrected chi connectivity index (χ4v) is 1.13. The van der Waals surface area contributed by atoms with Crippen molar-refractivity contribution in [3.8, 4) is 0 Å². The van der Waals surface area contributed by atoms with Gasteiger partial charge < -0.3 is 4.98 Å². The molecule has 2 heterocycles. The molecule has 0 bridgehead atoms. The van der Waals surface area contributed by atoms with Gasteiger partial charge in [0.1, 0.15) is 11.5 Å². The molecule has 1 N–H and O–H groups in total. The van der Waals surface area contributed by atoms with Crippen molar-refractivity contribution in [1.82, 2.24) is 9.97 Å². The van der Waals surface area contributed by atoms with E-state index in [1.165, 1.54) is 12.3 Å². The molecule has 0 spiro atoms. The lowest BCUT2D eigenvalue weighted by atomic mass is 10.3. The summed E-state index contributed by atoms with van der Waals surface area (Å²) in [6.07, 6.45) is 1.21. The van der Waals surface area contributed by atoms with Crippen molar-refractivity contribution in [1.29, 1.82) is 0 Å². The van der Waals surface area contributed by atoms with E-state index >= 15 is 0 Å². The SMILES string of the molecule is CC.Cc1cc2cc(F)cnc2[nH]1.[HH]. The zero-order chi connectivity index (χ0) is 9.84. The van der Waals surface area contributed by atoms with E-state index in [1.807, 2.05) is 26.8 Å². The molecule has 0 aliphatic rings. The summed E-state index contributed by atoms with van der Waals surface area (Å²) < 4.78 is 12.6. The maximum absolute atomic E-state index is 12.6. The fraction of sp³-hybridized carbons (Fsp3) is 0.300. The average Bonchev–Trinajstić information content (AvgIpc) is 2.48. The van der Waals surface area contributed by atoms with Gasteiger partial charge in [0.15, 0.2) is 0 Å². The lowest BCUT2D eigenvalue weighted by Gasteiger charge is -1.86. The van der Waals surface area contributed by atoms with Gasteiger partial charge in [-0.15, -0.1) is 0 Å². The average molecular weight is 182 g/mol. The van der Waals surface area contributed by atoms with Gasteiger partial charge in [-0.05, 0) is 19.1 Å². The van der Waals surface area contributed by atoms with Crippen molar-refractivity contribution in [2.45, 2.75) is 20.8 Å². The number of hydrogen-bond acceptors (Lipinski definition) is 1. The van der Waals surface area contributed by atoms with E-state index in [0.29, 0.717) is 0 Å². The number of aromatic amines is 1. The molecule has 2 aromatic rings. The molecule has 0 atom stereocenters. The second-order valence-corrected chi connectivity index (χ2v) is 2.54. The van der Waals surface area contributed by atoms with E-state index in [0.717, 1.165) is 16.7 Å². The Bertz CT molecular complexity index is 398. The first-order chi connectivity index (χ1) is 6.25. The van der Waals surface area contributed by atoms with Crippen LogP contribution in [0.2, 0.25) is 0 Å². The van der Waals surface area contributed by atoms with Crippen LogP contribution < -0.4 is 0 Å². The van der Waals surface area contributed by atoms with Crippen molar-refractivity contribution in [2.75, 3.05) is 0 Å². The van der Waals surface area contributed by atoms with Gasteiger partial charge in [0.2, 0.25) is 0 Å². The predicted molar refractivity (Wildman–Crippen MR) is 54.3 cm³/mol. The summed E-state index contributed by atoms with van der Waals surface area (Å²) in [4.78, 5) is 6.88. The number of nitrogens with zero attached hydrogens (tertiary/aromatic N) is 1. The molecule has 0 radical (unpaired) electrons. The second-order valence-electron chi connectivity index (χ2n) is 2.54. The van der Waals surface area contributed by atoms with Gasteiger partial charge in [0.25, 0.3) is 0 Å². The Morgan fingerprint density at radius 1 is 1.38 bits per heavy atom. The summed E-state index contributed by atoms with van der Waals surface area (Å²) in [6, 6.07) is 3.33. The van der Waals surface area contributed by atoms with Gasteiger partial charge in [-0.3, -0.25) is 0 Å². The number of aryl methyl sites for hydroxylation is 1. The molecule has 13 heavy (non-hydrogen) atoms. The Morgan fingerprint density at radius 2 is 2.08 bits per heavy atom. The monoisotopic (exact) mass is 182 g/mol. The van der Waals surface area contributed by atoms with Gasteiger partial charge in [-0.2, -0.15) is 0 Å². The van der Waals surface area contributed by atoms with E-state index in [-0.39, 0.29) is 7.24 Å². The first kappa shape index (κ1) is 9.71. The van der Waals surface area contributed by atoms with Gasteiger partial charge in [-0.25, -0.2) is 9.37 Å². The fourth-order valence-electron chi connectivity index (χ4n) is 1.13. The van der Waals surface area contributed by atoms with Crippen molar-refractivity contribution in [2.24, 2.45) is 0 Å². The molecule has 0 fully saturated rings. The first-order valence-corrected chi connectivity index (χ1v) is 4.36. The molecule has 0 unspecified atom stereocenters. The Labute approximate surface area is 78.3 Å². The molecule has 2 nitrogen and oxygen atoms in total. The zero-order valence-electron chi connectivity index (χ0n) is 8.06. The third kappa shape index (κ3) is 2.05. The minimum atomic E-state index is -0.295. The van der Waals surface area contributed by atoms with Crippen LogP contribution in [0.25, 0.3) is 11.0 Å². The number of hydrogen-bond donors (Lipinski definition) is 1. The topological polar surface area (TPSA) is 28.7 Å². The minimum Gasteiger partial charge on any atom is -0.344 e. The second kappa shape index (κ2) is 4.03. The molecule has 0 aliphatic heterocycles. The van der Waals surface area contributed by atoms with Crippen molar-refractivity contribution >= 4 is 11.0 Å². The maximum atomic E-state index is 12.6. The highest BCUT2D eigenvalue weighted by Crippen LogP contribution is 2.12. The molecule has 0 aromatic carbocycles. The molecule has 3 heteroatoms. The summed E-state index contributed by atoms with van der Waals surface area (Å²) in [6.45, 7) is 5.92. The number of aromatic nitrogens is 2. The van der Waals surface area contributed by atoms with Crippen LogP contribution in [0.4, 0.5) is 4.39 Å². The standard InChI is InChI=1S/C8H7FN2.C2H6.H2/c1-5-2-6-3-7(9)4-10-8(6)11-5;1-2;/h2-4H,1H3,(H,10,11);1-2H3;1H. The lowest BCUT2D eigenvalue weighted by molar-refractivity contribution is 0.624. The Balaban J connectivity index is 0.000000531. The molecular formula is C10H15FN2. The largest absolute Gasteiger partial charge is 0.344 e. The van der Waals surface area contributed by atoms with Crippen LogP contribution in [0.15, 0.2) is 18.3 Å². The number of fused-ring (bicyclic) bond motifs is 1. The summed E-state index contributed by atoms with van der Waals surface area (Å²) >= 11 is 0. The van der Waals surface area contributed by atoms with Crippen LogP contribution in [0.5, 0.6) is 0 Å². The summed E-state index contributed by atoms with van der Waals surface area (Å²) in [5, 5.41) is 0.822. The number of pyridine rings is 1. The number of halogens is 1. The van der Waals surface area contributed by atoms with E-state index < -0.39 is 0 Å². The van der Waals surface area contributed by atoms with E-state index in [2.05, 4.69) is 9.97 Å². The van der Waals surface area contributed by atoms with E-state index in [1.54, 1.807) is 0 Å². The predicted octanol–water partition coefficient (Wildman–Crippen LogP) is 3.28. The van der Waals surface area contributed by atoms with Gasteiger partial charge in [0, 0.05) is 12.5 Å². The van der Waals surface area contributed by atoms with Gasteiger partial charge in [0.05, 0.1) is 6.20 Å². The Kier molecular flexibility index (Phi) is 3.01. The molecule has 0 aliphatic carbocycles. The molecule has 2 rings (SSSR count). The molecule has 0 saturated carbocycles. The van der Waals surface area contributed by atoms with Crippen LogP contribution in [-0.4, -0.2) is 9.97 Å². The third-order valence-corrected chi connectivity index (χ3v) is 1.57. The van der Waals surface area contributed by atoms with Crippen LogP contribution >= 0.6 is 0 Å². The zero-order valence-corrected chi connectivity index (χ0v) is 8.06. The minimum absolute atomic E-state index is 0. The van der Waals surface area contributed by atoms with Crippen LogP contribution in [-0.2, 0) is 0 Å². The number of H-pyrrole nitrogens is 1. The molecule has 0 saturated heterocycles. The van der Waals surface area contributed by atoms with E-state index in [4.69, 9.17) is 0 Å². The maximum Gasteiger partial charge on any atom is 0.142 e. The highest BCUT2D eigenvalue weighted by molar-refractivity contribution is 5.76. The smallest absolute Gasteiger partial charge is 0.142 e. The van der Waals surface area contributed by atoms with Crippen LogP contribution in [0, 0.1) is 12.7 Å². The van der Waals surface area contributed by atoms with Gasteiger partial charge in [-0.1, -0.05) is 13.8 Å². The lowest BCUT2D eigenvalue weighted by Crippen LogP contribution is -1.78. The third-order valence-electron chi connectivity index (χ3n) is 1.57. The van der Waals surface area contributed by atoms with Crippen LogP contribution in [0.3, 0.4) is 0 Å². The Morgan fingerprint density at radius 3 is 2.77 bits per heavy atom. The summed E-state index contributed by atoms with van der Waals surface area (Å²) in [5.74, 6) is -0.295. The highest BCUT2D eigenvalue weighted by atomic mass is 19.1. The number of nitrogens with one attached hydrogen (secondary N) is 1. The van der Waals surface area contributed by atoms with Crippen molar-refractivity contribution in [3.05, 3.63) is 29.8 Å². The molecular weight excluding hydrogens is 167 g/mol.